The van der Waals surface area contributed by atoms with E-state index in [4.69, 9.17) is 5.26 Å². The molecule has 0 rings (SSSR count). The molecule has 0 radical (unpaired) electrons. The van der Waals surface area contributed by atoms with Crippen LogP contribution in [0.4, 0.5) is 0 Å². The van der Waals surface area contributed by atoms with E-state index in [0.717, 1.165) is 6.42 Å². The SMILES string of the molecule is C[C@H](C#N)CCN=NC(C)(C)C. The molecule has 0 saturated heterocycles. The Morgan fingerprint density at radius 3 is 2.42 bits per heavy atom. The monoisotopic (exact) mass is 167 g/mol. The van der Waals surface area contributed by atoms with Crippen LogP contribution in [0, 0.1) is 17.2 Å². The van der Waals surface area contributed by atoms with Gasteiger partial charge in [0.05, 0.1) is 18.2 Å². The van der Waals surface area contributed by atoms with Gasteiger partial charge in [0.25, 0.3) is 0 Å². The summed E-state index contributed by atoms with van der Waals surface area (Å²) < 4.78 is 0. The molecule has 12 heavy (non-hydrogen) atoms. The standard InChI is InChI=1S/C9H17N3/c1-8(7-10)5-6-11-12-9(2,3)4/h8H,5-6H2,1-4H3/t8-/m0/s1. The molecular formula is C9H17N3. The van der Waals surface area contributed by atoms with Crippen molar-refractivity contribution in [3.05, 3.63) is 0 Å². The summed E-state index contributed by atoms with van der Waals surface area (Å²) in [5.41, 5.74) is -0.0874. The van der Waals surface area contributed by atoms with Crippen molar-refractivity contribution in [1.82, 2.24) is 0 Å². The third-order valence-corrected chi connectivity index (χ3v) is 1.25. The van der Waals surface area contributed by atoms with Crippen LogP contribution in [0.15, 0.2) is 10.2 Å². The van der Waals surface area contributed by atoms with Gasteiger partial charge in [0.1, 0.15) is 0 Å². The van der Waals surface area contributed by atoms with Crippen molar-refractivity contribution in [2.45, 2.75) is 39.7 Å². The summed E-state index contributed by atoms with van der Waals surface area (Å²) in [5, 5.41) is 16.6. The minimum absolute atomic E-state index is 0.0870. The first kappa shape index (κ1) is 11.1. The van der Waals surface area contributed by atoms with Crippen LogP contribution in [-0.4, -0.2) is 12.1 Å². The Balaban J connectivity index is 3.58. The molecule has 0 aromatic carbocycles. The average molecular weight is 167 g/mol. The lowest BCUT2D eigenvalue weighted by molar-refractivity contribution is 0.527. The molecule has 1 atom stereocenters. The number of nitriles is 1. The zero-order valence-electron chi connectivity index (χ0n) is 8.33. The second-order valence-corrected chi connectivity index (χ2v) is 3.95. The number of hydrogen-bond donors (Lipinski definition) is 0. The second-order valence-electron chi connectivity index (χ2n) is 3.95. The minimum atomic E-state index is -0.0874. The van der Waals surface area contributed by atoms with E-state index in [-0.39, 0.29) is 11.5 Å². The maximum absolute atomic E-state index is 8.47. The van der Waals surface area contributed by atoms with Crippen LogP contribution in [0.25, 0.3) is 0 Å². The lowest BCUT2D eigenvalue weighted by Gasteiger charge is -2.08. The normalized spacial score (nSPS) is 14.6. The highest BCUT2D eigenvalue weighted by molar-refractivity contribution is 4.78. The number of rotatable bonds is 3. The Labute approximate surface area is 74.5 Å². The maximum atomic E-state index is 8.47. The van der Waals surface area contributed by atoms with Crippen molar-refractivity contribution < 1.29 is 0 Å². The van der Waals surface area contributed by atoms with Crippen LogP contribution < -0.4 is 0 Å². The predicted octanol–water partition coefficient (Wildman–Crippen LogP) is 2.79. The van der Waals surface area contributed by atoms with E-state index >= 15 is 0 Å². The molecule has 0 aromatic heterocycles. The molecule has 0 unspecified atom stereocenters. The van der Waals surface area contributed by atoms with Gasteiger partial charge in [-0.3, -0.25) is 0 Å². The first-order valence-corrected chi connectivity index (χ1v) is 4.24. The first-order valence-electron chi connectivity index (χ1n) is 4.24. The molecule has 0 heterocycles. The summed E-state index contributed by atoms with van der Waals surface area (Å²) >= 11 is 0. The molecule has 0 aromatic rings. The quantitative estimate of drug-likeness (QED) is 0.596. The number of hydrogen-bond acceptors (Lipinski definition) is 3. The van der Waals surface area contributed by atoms with Gasteiger partial charge in [-0.25, -0.2) is 0 Å². The summed E-state index contributed by atoms with van der Waals surface area (Å²) in [6.45, 7) is 8.57. The van der Waals surface area contributed by atoms with Crippen molar-refractivity contribution in [3.8, 4) is 6.07 Å². The summed E-state index contributed by atoms with van der Waals surface area (Å²) in [6.07, 6.45) is 0.802. The van der Waals surface area contributed by atoms with Crippen LogP contribution in [0.1, 0.15) is 34.1 Å². The largest absolute Gasteiger partial charge is 0.198 e. The highest BCUT2D eigenvalue weighted by Gasteiger charge is 2.06. The molecule has 0 bridgehead atoms. The van der Waals surface area contributed by atoms with Crippen molar-refractivity contribution in [2.75, 3.05) is 6.54 Å². The highest BCUT2D eigenvalue weighted by Crippen LogP contribution is 2.07. The van der Waals surface area contributed by atoms with Crippen molar-refractivity contribution in [2.24, 2.45) is 16.1 Å². The Hall–Kier alpha value is -0.910. The van der Waals surface area contributed by atoms with Crippen molar-refractivity contribution in [1.29, 1.82) is 5.26 Å². The van der Waals surface area contributed by atoms with Gasteiger partial charge in [0.2, 0.25) is 0 Å². The average Bonchev–Trinajstić information content (AvgIpc) is 1.96. The van der Waals surface area contributed by atoms with E-state index < -0.39 is 0 Å². The minimum Gasteiger partial charge on any atom is -0.198 e. The van der Waals surface area contributed by atoms with Crippen LogP contribution in [-0.2, 0) is 0 Å². The van der Waals surface area contributed by atoms with E-state index in [1.165, 1.54) is 0 Å². The molecule has 0 spiro atoms. The molecule has 3 heteroatoms. The molecule has 0 aliphatic heterocycles. The van der Waals surface area contributed by atoms with Gasteiger partial charge in [-0.05, 0) is 34.1 Å². The van der Waals surface area contributed by atoms with E-state index in [1.54, 1.807) is 0 Å². The van der Waals surface area contributed by atoms with Gasteiger partial charge in [-0.15, -0.1) is 0 Å². The van der Waals surface area contributed by atoms with E-state index in [2.05, 4.69) is 16.3 Å². The molecule has 0 amide bonds. The third-order valence-electron chi connectivity index (χ3n) is 1.25. The van der Waals surface area contributed by atoms with E-state index in [9.17, 15) is 0 Å². The van der Waals surface area contributed by atoms with Crippen LogP contribution in [0.3, 0.4) is 0 Å². The van der Waals surface area contributed by atoms with E-state index in [1.807, 2.05) is 27.7 Å². The number of nitrogens with zero attached hydrogens (tertiary/aromatic N) is 3. The van der Waals surface area contributed by atoms with Crippen LogP contribution >= 0.6 is 0 Å². The Morgan fingerprint density at radius 2 is 2.00 bits per heavy atom. The summed E-state index contributed by atoms with van der Waals surface area (Å²) in [6, 6.07) is 2.16. The molecule has 0 fully saturated rings. The van der Waals surface area contributed by atoms with Gasteiger partial charge in [0.15, 0.2) is 0 Å². The summed E-state index contributed by atoms with van der Waals surface area (Å²) in [5.74, 6) is 0.0870. The van der Waals surface area contributed by atoms with E-state index in [0.29, 0.717) is 6.54 Å². The van der Waals surface area contributed by atoms with Crippen LogP contribution in [0.2, 0.25) is 0 Å². The highest BCUT2D eigenvalue weighted by atomic mass is 15.1. The maximum Gasteiger partial charge on any atom is 0.0732 e. The molecule has 68 valence electrons. The number of azo groups is 1. The zero-order chi connectivity index (χ0) is 9.61. The zero-order valence-corrected chi connectivity index (χ0v) is 8.33. The Morgan fingerprint density at radius 1 is 1.42 bits per heavy atom. The first-order chi connectivity index (χ1) is 5.45. The fourth-order valence-corrected chi connectivity index (χ4v) is 0.578. The lowest BCUT2D eigenvalue weighted by atomic mass is 10.1. The molecule has 0 aliphatic carbocycles. The summed E-state index contributed by atoms with van der Waals surface area (Å²) in [4.78, 5) is 0. The fourth-order valence-electron chi connectivity index (χ4n) is 0.578. The van der Waals surface area contributed by atoms with Crippen molar-refractivity contribution in [3.63, 3.8) is 0 Å². The van der Waals surface area contributed by atoms with Crippen molar-refractivity contribution >= 4 is 0 Å². The topological polar surface area (TPSA) is 48.5 Å². The Kier molecular flexibility index (Phi) is 4.50. The predicted molar refractivity (Wildman–Crippen MR) is 48.9 cm³/mol. The fraction of sp³-hybridized carbons (Fsp3) is 0.889. The van der Waals surface area contributed by atoms with Gasteiger partial charge < -0.3 is 0 Å². The molecule has 0 saturated carbocycles. The van der Waals surface area contributed by atoms with Gasteiger partial charge >= 0.3 is 0 Å². The Bertz CT molecular complexity index is 183. The summed E-state index contributed by atoms with van der Waals surface area (Å²) in [7, 11) is 0. The molecule has 0 N–H and O–H groups in total. The van der Waals surface area contributed by atoms with Gasteiger partial charge in [-0.1, -0.05) is 0 Å². The molecule has 3 nitrogen and oxygen atoms in total. The van der Waals surface area contributed by atoms with Gasteiger partial charge in [0, 0.05) is 5.92 Å². The second kappa shape index (κ2) is 4.87. The lowest BCUT2D eigenvalue weighted by Crippen LogP contribution is -2.08. The molecular weight excluding hydrogens is 150 g/mol. The van der Waals surface area contributed by atoms with Crippen LogP contribution in [0.5, 0.6) is 0 Å². The smallest absolute Gasteiger partial charge is 0.0732 e. The molecule has 0 aliphatic rings. The van der Waals surface area contributed by atoms with Gasteiger partial charge in [-0.2, -0.15) is 15.5 Å². The third kappa shape index (κ3) is 7.20.